The highest BCUT2D eigenvalue weighted by Gasteiger charge is 2.17. The maximum Gasteiger partial charge on any atom is 0.332 e. The van der Waals surface area contributed by atoms with Crippen LogP contribution in [0.4, 0.5) is 0 Å². The maximum absolute atomic E-state index is 12.3. The third kappa shape index (κ3) is 10.00. The van der Waals surface area contributed by atoms with Gasteiger partial charge in [0, 0.05) is 44.8 Å². The molecule has 0 atom stereocenters. The number of imidazole rings is 2. The summed E-state index contributed by atoms with van der Waals surface area (Å²) in [6.45, 7) is 0.736. The molecule has 0 aliphatic heterocycles. The van der Waals surface area contributed by atoms with Crippen molar-refractivity contribution in [3.63, 3.8) is 0 Å². The highest BCUT2D eigenvalue weighted by atomic mass is 35.5. The number of hydrogen-bond acceptors (Lipinski definition) is 9. The van der Waals surface area contributed by atoms with Crippen molar-refractivity contribution in [3.05, 3.63) is 124 Å². The lowest BCUT2D eigenvalue weighted by Crippen LogP contribution is -2.38. The standard InChI is InChI=1S/C17H18ClN5O3.C9H10N4O4.C8H10ClN.CH4/c1-21-15-14(16(25)22(2)17(21)26)23(10-20-15)9-13(24)19-8-7-11-3-5-12(18)6-4-11;1-11-7-6(8(16)12(2)9(11)17)13(4-10-7)3-5(14)15;9-8-3-1-7(2-4-8)5-6-10;/h3-6,10H,7-9H2,1-2H3,(H,19,24);4H,3H2,1-2H3,(H,14,15);1-4H,5-6,10H2;1H4. The minimum absolute atomic E-state index is 0. The average molecular weight is 786 g/mol. The van der Waals surface area contributed by atoms with Gasteiger partial charge in [0.15, 0.2) is 22.3 Å². The van der Waals surface area contributed by atoms with Crippen LogP contribution in [0.5, 0.6) is 0 Å². The molecule has 0 saturated carbocycles. The summed E-state index contributed by atoms with van der Waals surface area (Å²) < 4.78 is 7.07. The van der Waals surface area contributed by atoms with Crippen molar-refractivity contribution in [2.24, 2.45) is 33.9 Å². The summed E-state index contributed by atoms with van der Waals surface area (Å²) >= 11 is 11.5. The molecule has 0 bridgehead atoms. The Morgan fingerprint density at radius 1 is 0.685 bits per heavy atom. The number of carbonyl (C=O) groups excluding carboxylic acids is 1. The summed E-state index contributed by atoms with van der Waals surface area (Å²) in [6, 6.07) is 15.2. The lowest BCUT2D eigenvalue weighted by atomic mass is 10.1. The van der Waals surface area contributed by atoms with Gasteiger partial charge in [0.2, 0.25) is 5.91 Å². The number of rotatable bonds is 9. The fraction of sp³-hybridized carbons (Fsp3) is 0.314. The predicted octanol–water partition coefficient (Wildman–Crippen LogP) is 1.44. The van der Waals surface area contributed by atoms with Crippen LogP contribution < -0.4 is 33.5 Å². The molecule has 2 aromatic carbocycles. The van der Waals surface area contributed by atoms with Crippen LogP contribution >= 0.6 is 23.2 Å². The third-order valence-corrected chi connectivity index (χ3v) is 8.55. The van der Waals surface area contributed by atoms with Gasteiger partial charge in [-0.15, -0.1) is 0 Å². The fourth-order valence-electron chi connectivity index (χ4n) is 5.21. The number of halogens is 2. The number of aliphatic carboxylic acids is 1. The number of aryl methyl sites for hydroxylation is 2. The van der Waals surface area contributed by atoms with E-state index in [1.807, 2.05) is 36.4 Å². The van der Waals surface area contributed by atoms with Gasteiger partial charge in [-0.25, -0.2) is 19.6 Å². The molecule has 0 spiro atoms. The summed E-state index contributed by atoms with van der Waals surface area (Å²) in [5.41, 5.74) is 6.45. The molecule has 19 heteroatoms. The quantitative estimate of drug-likeness (QED) is 0.192. The summed E-state index contributed by atoms with van der Waals surface area (Å²) in [5.74, 6) is -1.32. The Labute approximate surface area is 318 Å². The zero-order valence-corrected chi connectivity index (χ0v) is 30.8. The minimum atomic E-state index is -1.08. The Hall–Kier alpha value is -5.78. The van der Waals surface area contributed by atoms with Crippen LogP contribution in [0.15, 0.2) is 80.4 Å². The average Bonchev–Trinajstić information content (AvgIpc) is 3.75. The van der Waals surface area contributed by atoms with E-state index >= 15 is 0 Å². The Balaban J connectivity index is 0.000000240. The SMILES string of the molecule is C.Cn1c(=O)c2c(ncn2CC(=O)NCCc2ccc(Cl)cc2)n(C)c1=O.Cn1c(=O)c2c(ncn2CC(=O)O)n(C)c1=O.NCCc1ccc(Cl)cc1. The largest absolute Gasteiger partial charge is 0.480 e. The number of carbonyl (C=O) groups is 2. The van der Waals surface area contributed by atoms with Gasteiger partial charge in [-0.1, -0.05) is 54.9 Å². The Morgan fingerprint density at radius 2 is 1.09 bits per heavy atom. The van der Waals surface area contributed by atoms with E-state index in [0.29, 0.717) is 24.5 Å². The topological polar surface area (TPSA) is 216 Å². The summed E-state index contributed by atoms with van der Waals surface area (Å²) in [6.07, 6.45) is 4.23. The van der Waals surface area contributed by atoms with E-state index in [4.69, 9.17) is 34.0 Å². The molecular formula is C35H42Cl2N10O7. The molecule has 1 amide bonds. The molecule has 0 aliphatic rings. The Morgan fingerprint density at radius 3 is 1.50 bits per heavy atom. The molecule has 0 fully saturated rings. The molecule has 0 radical (unpaired) electrons. The monoisotopic (exact) mass is 784 g/mol. The van der Waals surface area contributed by atoms with Gasteiger partial charge in [0.25, 0.3) is 11.1 Å². The van der Waals surface area contributed by atoms with E-state index in [0.717, 1.165) is 26.1 Å². The van der Waals surface area contributed by atoms with E-state index in [2.05, 4.69) is 15.3 Å². The molecule has 0 aliphatic carbocycles. The highest BCUT2D eigenvalue weighted by Crippen LogP contribution is 2.11. The third-order valence-electron chi connectivity index (χ3n) is 8.05. The van der Waals surface area contributed by atoms with E-state index in [9.17, 15) is 28.8 Å². The van der Waals surface area contributed by atoms with Crippen LogP contribution in [0, 0.1) is 0 Å². The highest BCUT2D eigenvalue weighted by molar-refractivity contribution is 6.30. The van der Waals surface area contributed by atoms with Crippen molar-refractivity contribution in [3.8, 4) is 0 Å². The van der Waals surface area contributed by atoms with Crippen molar-refractivity contribution >= 4 is 57.4 Å². The molecule has 17 nitrogen and oxygen atoms in total. The number of nitrogens with zero attached hydrogens (tertiary/aromatic N) is 8. The maximum atomic E-state index is 12.3. The van der Waals surface area contributed by atoms with Gasteiger partial charge >= 0.3 is 17.3 Å². The number of benzene rings is 2. The van der Waals surface area contributed by atoms with Crippen molar-refractivity contribution in [2.75, 3.05) is 13.1 Å². The first-order valence-corrected chi connectivity index (χ1v) is 16.8. The molecule has 4 N–H and O–H groups in total. The van der Waals surface area contributed by atoms with Gasteiger partial charge < -0.3 is 25.3 Å². The minimum Gasteiger partial charge on any atom is -0.480 e. The van der Waals surface area contributed by atoms with Crippen LogP contribution in [0.25, 0.3) is 22.3 Å². The number of carboxylic acids is 1. The Bertz CT molecular complexity index is 2490. The van der Waals surface area contributed by atoms with Crippen molar-refractivity contribution in [2.45, 2.75) is 33.4 Å². The van der Waals surface area contributed by atoms with Crippen molar-refractivity contribution < 1.29 is 14.7 Å². The van der Waals surface area contributed by atoms with Crippen molar-refractivity contribution in [1.29, 1.82) is 0 Å². The number of nitrogens with one attached hydrogen (secondary N) is 1. The normalized spacial score (nSPS) is 10.6. The summed E-state index contributed by atoms with van der Waals surface area (Å²) in [5, 5.41) is 13.0. The lowest BCUT2D eigenvalue weighted by Gasteiger charge is -2.08. The number of aromatic nitrogens is 8. The van der Waals surface area contributed by atoms with Crippen LogP contribution in [0.2, 0.25) is 10.0 Å². The zero-order valence-electron chi connectivity index (χ0n) is 29.3. The first kappa shape index (κ1) is 42.6. The van der Waals surface area contributed by atoms with Gasteiger partial charge in [-0.2, -0.15) is 0 Å². The van der Waals surface area contributed by atoms with Gasteiger partial charge in [-0.3, -0.25) is 37.4 Å². The molecule has 54 heavy (non-hydrogen) atoms. The van der Waals surface area contributed by atoms with E-state index < -0.39 is 28.5 Å². The van der Waals surface area contributed by atoms with Crippen LogP contribution in [-0.4, -0.2) is 67.4 Å². The number of fused-ring (bicyclic) bond motifs is 2. The van der Waals surface area contributed by atoms with Crippen LogP contribution in [0.3, 0.4) is 0 Å². The van der Waals surface area contributed by atoms with Gasteiger partial charge in [0.05, 0.1) is 12.7 Å². The number of carboxylic acid groups (broad SMARTS) is 1. The zero-order chi connectivity index (χ0) is 39.0. The molecule has 4 heterocycles. The second kappa shape index (κ2) is 18.8. The summed E-state index contributed by atoms with van der Waals surface area (Å²) in [4.78, 5) is 78.5. The first-order valence-electron chi connectivity index (χ1n) is 16.0. The molecule has 0 saturated heterocycles. The molecule has 288 valence electrons. The number of nitrogens with two attached hydrogens (primary N) is 1. The second-order valence-corrected chi connectivity index (χ2v) is 12.7. The molecular weight excluding hydrogens is 743 g/mol. The molecule has 6 rings (SSSR count). The van der Waals surface area contributed by atoms with Gasteiger partial charge in [-0.05, 0) is 54.8 Å². The van der Waals surface area contributed by atoms with E-state index in [1.165, 1.54) is 64.7 Å². The summed E-state index contributed by atoms with van der Waals surface area (Å²) in [7, 11) is 5.74. The second-order valence-electron chi connectivity index (χ2n) is 11.8. The molecule has 4 aromatic heterocycles. The lowest BCUT2D eigenvalue weighted by molar-refractivity contribution is -0.137. The molecule has 6 aromatic rings. The molecule has 0 unspecified atom stereocenters. The number of amides is 1. The van der Waals surface area contributed by atoms with Gasteiger partial charge in [0.1, 0.15) is 13.1 Å². The predicted molar refractivity (Wildman–Crippen MR) is 207 cm³/mol. The fourth-order valence-corrected chi connectivity index (χ4v) is 5.46. The van der Waals surface area contributed by atoms with Crippen LogP contribution in [-0.2, 0) is 63.7 Å². The number of hydrogen-bond donors (Lipinski definition) is 3. The first-order chi connectivity index (χ1) is 25.1. The Kier molecular flexibility index (Phi) is 14.9. The van der Waals surface area contributed by atoms with E-state index in [1.54, 1.807) is 12.1 Å². The van der Waals surface area contributed by atoms with Crippen LogP contribution in [0.1, 0.15) is 18.6 Å². The van der Waals surface area contributed by atoms with E-state index in [-0.39, 0.29) is 48.8 Å². The smallest absolute Gasteiger partial charge is 0.332 e. The van der Waals surface area contributed by atoms with Crippen molar-refractivity contribution in [1.82, 2.24) is 42.7 Å².